The minimum Gasteiger partial charge on any atom is -0.368 e. The molecule has 4 N–H and O–H groups in total. The van der Waals surface area contributed by atoms with Gasteiger partial charge in [-0.2, -0.15) is 0 Å². The highest BCUT2D eigenvalue weighted by Gasteiger charge is 2.09. The van der Waals surface area contributed by atoms with Crippen LogP contribution in [-0.2, 0) is 11.3 Å². The third kappa shape index (κ3) is 2.45. The molecule has 90 valence electrons. The number of hydrogen-bond donors (Lipinski definition) is 3. The van der Waals surface area contributed by atoms with E-state index in [4.69, 9.17) is 5.73 Å². The number of aromatic amines is 1. The molecule has 0 saturated heterocycles. The number of aromatic nitrogens is 1. The number of primary amides is 1. The average molecular weight is 235 g/mol. The Kier molecular flexibility index (Phi) is 3.10. The number of carbonyl (C=O) groups is 1. The van der Waals surface area contributed by atoms with Crippen LogP contribution in [-0.4, -0.2) is 16.9 Å². The predicted octanol–water partition coefficient (Wildman–Crippen LogP) is 1.27. The van der Waals surface area contributed by atoms with Crippen LogP contribution in [0.15, 0.2) is 24.4 Å². The van der Waals surface area contributed by atoms with Crippen LogP contribution in [0.4, 0.5) is 4.39 Å². The lowest BCUT2D eigenvalue weighted by atomic mass is 10.1. The van der Waals surface area contributed by atoms with Gasteiger partial charge in [0.05, 0.1) is 6.04 Å². The van der Waals surface area contributed by atoms with Crippen LogP contribution in [0.25, 0.3) is 10.9 Å². The summed E-state index contributed by atoms with van der Waals surface area (Å²) in [4.78, 5) is 13.9. The average Bonchev–Trinajstić information content (AvgIpc) is 2.67. The van der Waals surface area contributed by atoms with Gasteiger partial charge in [0.15, 0.2) is 0 Å². The van der Waals surface area contributed by atoms with Crippen molar-refractivity contribution in [3.63, 3.8) is 0 Å². The Hall–Kier alpha value is -1.88. The molecule has 17 heavy (non-hydrogen) atoms. The molecule has 1 amide bonds. The first-order valence-corrected chi connectivity index (χ1v) is 5.36. The molecule has 1 atom stereocenters. The van der Waals surface area contributed by atoms with Gasteiger partial charge in [0, 0.05) is 23.6 Å². The number of benzene rings is 1. The van der Waals surface area contributed by atoms with Crippen LogP contribution in [0.1, 0.15) is 12.5 Å². The molecule has 4 nitrogen and oxygen atoms in total. The van der Waals surface area contributed by atoms with Gasteiger partial charge in [-0.25, -0.2) is 4.39 Å². The summed E-state index contributed by atoms with van der Waals surface area (Å²) < 4.78 is 13.0. The molecule has 1 heterocycles. The van der Waals surface area contributed by atoms with E-state index < -0.39 is 5.91 Å². The Morgan fingerprint density at radius 1 is 1.59 bits per heavy atom. The van der Waals surface area contributed by atoms with E-state index in [2.05, 4.69) is 10.3 Å². The van der Waals surface area contributed by atoms with Crippen molar-refractivity contribution in [1.82, 2.24) is 10.3 Å². The summed E-state index contributed by atoms with van der Waals surface area (Å²) in [5.74, 6) is -0.666. The fourth-order valence-electron chi connectivity index (χ4n) is 1.67. The molecule has 0 saturated carbocycles. The van der Waals surface area contributed by atoms with E-state index in [1.807, 2.05) is 0 Å². The van der Waals surface area contributed by atoms with Gasteiger partial charge in [-0.15, -0.1) is 0 Å². The van der Waals surface area contributed by atoms with Crippen molar-refractivity contribution in [3.05, 3.63) is 35.8 Å². The molecule has 0 fully saturated rings. The number of fused-ring (bicyclic) bond motifs is 1. The van der Waals surface area contributed by atoms with Gasteiger partial charge in [0.25, 0.3) is 0 Å². The molecule has 0 aliphatic rings. The van der Waals surface area contributed by atoms with E-state index in [1.54, 1.807) is 19.2 Å². The van der Waals surface area contributed by atoms with E-state index in [9.17, 15) is 9.18 Å². The number of amides is 1. The Bertz CT molecular complexity index is 550. The zero-order chi connectivity index (χ0) is 12.4. The topological polar surface area (TPSA) is 70.9 Å². The molecule has 0 bridgehead atoms. The van der Waals surface area contributed by atoms with Crippen molar-refractivity contribution < 1.29 is 9.18 Å². The molecule has 1 aromatic heterocycles. The van der Waals surface area contributed by atoms with Gasteiger partial charge < -0.3 is 16.0 Å². The fourth-order valence-corrected chi connectivity index (χ4v) is 1.67. The highest BCUT2D eigenvalue weighted by atomic mass is 19.1. The predicted molar refractivity (Wildman–Crippen MR) is 63.8 cm³/mol. The number of rotatable bonds is 4. The lowest BCUT2D eigenvalue weighted by Crippen LogP contribution is -2.38. The molecular weight excluding hydrogens is 221 g/mol. The normalized spacial score (nSPS) is 12.8. The van der Waals surface area contributed by atoms with Gasteiger partial charge >= 0.3 is 0 Å². The minimum absolute atomic E-state index is 0.274. The van der Waals surface area contributed by atoms with E-state index in [0.717, 1.165) is 16.5 Å². The minimum atomic E-state index is -0.393. The van der Waals surface area contributed by atoms with Crippen LogP contribution in [0.2, 0.25) is 0 Å². The number of H-pyrrole nitrogens is 1. The summed E-state index contributed by atoms with van der Waals surface area (Å²) >= 11 is 0. The maximum absolute atomic E-state index is 13.0. The largest absolute Gasteiger partial charge is 0.368 e. The Balaban J connectivity index is 2.17. The first-order valence-electron chi connectivity index (χ1n) is 5.36. The number of halogens is 1. The quantitative estimate of drug-likeness (QED) is 0.746. The monoisotopic (exact) mass is 235 g/mol. The molecule has 0 unspecified atom stereocenters. The van der Waals surface area contributed by atoms with Gasteiger partial charge in [0.1, 0.15) is 5.82 Å². The number of nitrogens with two attached hydrogens (primary N) is 1. The number of carbonyl (C=O) groups excluding carboxylic acids is 1. The molecule has 5 heteroatoms. The van der Waals surface area contributed by atoms with Crippen LogP contribution < -0.4 is 11.1 Å². The van der Waals surface area contributed by atoms with Crippen molar-refractivity contribution in [1.29, 1.82) is 0 Å². The summed E-state index contributed by atoms with van der Waals surface area (Å²) in [6, 6.07) is 4.18. The SMILES string of the molecule is C[C@H](NCc1c[nH]c2cc(F)ccc12)C(N)=O. The molecule has 0 aliphatic carbocycles. The zero-order valence-corrected chi connectivity index (χ0v) is 9.46. The van der Waals surface area contributed by atoms with Gasteiger partial charge in [-0.1, -0.05) is 0 Å². The van der Waals surface area contributed by atoms with Crippen molar-refractivity contribution in [2.24, 2.45) is 5.73 Å². The first kappa shape index (κ1) is 11.6. The molecule has 0 aliphatic heterocycles. The second-order valence-electron chi connectivity index (χ2n) is 4.01. The van der Waals surface area contributed by atoms with Crippen LogP contribution in [0, 0.1) is 5.82 Å². The van der Waals surface area contributed by atoms with Crippen molar-refractivity contribution >= 4 is 16.8 Å². The summed E-state index contributed by atoms with van der Waals surface area (Å²) in [7, 11) is 0. The lowest BCUT2D eigenvalue weighted by Gasteiger charge is -2.08. The van der Waals surface area contributed by atoms with Crippen molar-refractivity contribution in [2.75, 3.05) is 0 Å². The maximum atomic E-state index is 13.0. The van der Waals surface area contributed by atoms with E-state index in [1.165, 1.54) is 12.1 Å². The summed E-state index contributed by atoms with van der Waals surface area (Å²) in [6.07, 6.45) is 1.80. The smallest absolute Gasteiger partial charge is 0.234 e. The Morgan fingerprint density at radius 3 is 3.06 bits per heavy atom. The highest BCUT2D eigenvalue weighted by Crippen LogP contribution is 2.19. The summed E-state index contributed by atoms with van der Waals surface area (Å²) in [5.41, 5.74) is 6.87. The van der Waals surface area contributed by atoms with Crippen LogP contribution in [0.5, 0.6) is 0 Å². The van der Waals surface area contributed by atoms with E-state index >= 15 is 0 Å². The summed E-state index contributed by atoms with van der Waals surface area (Å²) in [5, 5.41) is 3.94. The number of hydrogen-bond acceptors (Lipinski definition) is 2. The highest BCUT2D eigenvalue weighted by molar-refractivity contribution is 5.83. The molecule has 1 aromatic carbocycles. The van der Waals surface area contributed by atoms with Crippen LogP contribution >= 0.6 is 0 Å². The lowest BCUT2D eigenvalue weighted by molar-refractivity contribution is -0.119. The van der Waals surface area contributed by atoms with Crippen molar-refractivity contribution in [2.45, 2.75) is 19.5 Å². The fraction of sp³-hybridized carbons (Fsp3) is 0.250. The maximum Gasteiger partial charge on any atom is 0.234 e. The second-order valence-corrected chi connectivity index (χ2v) is 4.01. The van der Waals surface area contributed by atoms with Crippen LogP contribution in [0.3, 0.4) is 0 Å². The van der Waals surface area contributed by atoms with Crippen molar-refractivity contribution in [3.8, 4) is 0 Å². The number of nitrogens with one attached hydrogen (secondary N) is 2. The Morgan fingerprint density at radius 2 is 2.35 bits per heavy atom. The molecule has 2 rings (SSSR count). The third-order valence-corrected chi connectivity index (χ3v) is 2.75. The molecule has 0 radical (unpaired) electrons. The van der Waals surface area contributed by atoms with E-state index in [-0.39, 0.29) is 11.9 Å². The third-order valence-electron chi connectivity index (χ3n) is 2.75. The van der Waals surface area contributed by atoms with E-state index in [0.29, 0.717) is 6.54 Å². The Labute approximate surface area is 98.0 Å². The first-order chi connectivity index (χ1) is 8.08. The molecule has 2 aromatic rings. The van der Waals surface area contributed by atoms with Gasteiger partial charge in [-0.05, 0) is 30.7 Å². The standard InChI is InChI=1S/C12H14FN3O/c1-7(12(14)17)15-5-8-6-16-11-4-9(13)2-3-10(8)11/h2-4,6-7,15-16H,5H2,1H3,(H2,14,17)/t7-/m0/s1. The zero-order valence-electron chi connectivity index (χ0n) is 9.46. The van der Waals surface area contributed by atoms with Gasteiger partial charge in [0.2, 0.25) is 5.91 Å². The molecular formula is C12H14FN3O. The summed E-state index contributed by atoms with van der Waals surface area (Å²) in [6.45, 7) is 2.21. The van der Waals surface area contributed by atoms with Gasteiger partial charge in [-0.3, -0.25) is 4.79 Å². The molecule has 0 spiro atoms. The second kappa shape index (κ2) is 4.55.